The first-order valence-electron chi connectivity index (χ1n) is 9.40. The maximum absolute atomic E-state index is 13.1. The van der Waals surface area contributed by atoms with Crippen molar-refractivity contribution in [2.45, 2.75) is 12.5 Å². The number of amides is 2. The van der Waals surface area contributed by atoms with Crippen LogP contribution in [0.4, 0.5) is 21.5 Å². The van der Waals surface area contributed by atoms with Crippen LogP contribution in [0, 0.1) is 15.9 Å². The normalized spacial score (nSPS) is 20.4. The van der Waals surface area contributed by atoms with Crippen LogP contribution in [0.25, 0.3) is 0 Å². The molecule has 0 bridgehead atoms. The second-order valence-electron chi connectivity index (χ2n) is 7.22. The number of piperazine rings is 1. The van der Waals surface area contributed by atoms with E-state index in [-0.39, 0.29) is 23.9 Å². The highest BCUT2D eigenvalue weighted by atomic mass is 19.1. The SMILES string of the molecule is O=C1C[C@@H]([NH+]2CCN(c3ccc([N+](=O)[O-])cc3)CC2)C(=O)N1c1ccc(F)cc1. The molecular formula is C20H20FN4O4+. The van der Waals surface area contributed by atoms with Crippen LogP contribution >= 0.6 is 0 Å². The molecule has 8 nitrogen and oxygen atoms in total. The predicted octanol–water partition coefficient (Wildman–Crippen LogP) is 0.771. The molecule has 2 amide bonds. The molecule has 0 spiro atoms. The van der Waals surface area contributed by atoms with Crippen LogP contribution in [0.15, 0.2) is 48.5 Å². The Bertz CT molecular complexity index is 940. The van der Waals surface area contributed by atoms with Crippen LogP contribution in [-0.4, -0.2) is 49.0 Å². The van der Waals surface area contributed by atoms with Gasteiger partial charge in [-0.1, -0.05) is 0 Å². The number of halogens is 1. The Hall–Kier alpha value is -3.33. The van der Waals surface area contributed by atoms with Gasteiger partial charge in [-0.05, 0) is 36.4 Å². The Balaban J connectivity index is 1.41. The zero-order chi connectivity index (χ0) is 20.5. The van der Waals surface area contributed by atoms with Crippen molar-refractivity contribution in [3.63, 3.8) is 0 Å². The zero-order valence-corrected chi connectivity index (χ0v) is 15.6. The van der Waals surface area contributed by atoms with Crippen molar-refractivity contribution in [3.8, 4) is 0 Å². The zero-order valence-electron chi connectivity index (χ0n) is 15.6. The quantitative estimate of drug-likeness (QED) is 0.466. The van der Waals surface area contributed by atoms with E-state index >= 15 is 0 Å². The summed E-state index contributed by atoms with van der Waals surface area (Å²) in [4.78, 5) is 40.0. The van der Waals surface area contributed by atoms with Crippen molar-refractivity contribution in [2.75, 3.05) is 36.0 Å². The summed E-state index contributed by atoms with van der Waals surface area (Å²) in [5.74, 6) is -0.935. The first-order valence-corrected chi connectivity index (χ1v) is 9.40. The molecule has 150 valence electrons. The highest BCUT2D eigenvalue weighted by Crippen LogP contribution is 2.23. The van der Waals surface area contributed by atoms with Gasteiger partial charge >= 0.3 is 0 Å². The van der Waals surface area contributed by atoms with Crippen LogP contribution in [0.1, 0.15) is 6.42 Å². The lowest BCUT2D eigenvalue weighted by molar-refractivity contribution is -0.915. The monoisotopic (exact) mass is 399 g/mol. The fourth-order valence-corrected chi connectivity index (χ4v) is 4.00. The van der Waals surface area contributed by atoms with E-state index in [0.717, 1.165) is 15.5 Å². The lowest BCUT2D eigenvalue weighted by Gasteiger charge is -2.35. The minimum atomic E-state index is -0.438. The fourth-order valence-electron chi connectivity index (χ4n) is 4.00. The standard InChI is InChI=1S/C20H19FN4O4/c21-14-1-3-16(4-2-14)24-19(26)13-18(20(24)27)23-11-9-22(10-12-23)15-5-7-17(8-6-15)25(28)29/h1-8,18H,9-13H2/p+1/t18-/m1/s1. The van der Waals surface area contributed by atoms with E-state index in [4.69, 9.17) is 0 Å². The van der Waals surface area contributed by atoms with Gasteiger partial charge < -0.3 is 9.80 Å². The molecule has 0 aromatic heterocycles. The molecule has 0 unspecified atom stereocenters. The van der Waals surface area contributed by atoms with Gasteiger partial charge in [0.1, 0.15) is 5.82 Å². The maximum Gasteiger partial charge on any atom is 0.292 e. The van der Waals surface area contributed by atoms with Crippen LogP contribution in [0.2, 0.25) is 0 Å². The maximum atomic E-state index is 13.1. The highest BCUT2D eigenvalue weighted by molar-refractivity contribution is 6.21. The fraction of sp³-hybridized carbons (Fsp3) is 0.300. The highest BCUT2D eigenvalue weighted by Gasteiger charge is 2.46. The molecular weight excluding hydrogens is 379 g/mol. The summed E-state index contributed by atoms with van der Waals surface area (Å²) in [6.07, 6.45) is 0.142. The molecule has 2 fully saturated rings. The number of imide groups is 1. The Morgan fingerprint density at radius 1 is 0.966 bits per heavy atom. The number of nitro benzene ring substituents is 1. The number of nitrogens with one attached hydrogen (secondary N) is 1. The predicted molar refractivity (Wildman–Crippen MR) is 103 cm³/mol. The average molecular weight is 399 g/mol. The molecule has 9 heteroatoms. The number of non-ortho nitro benzene ring substituents is 1. The third-order valence-corrected chi connectivity index (χ3v) is 5.56. The molecule has 2 saturated heterocycles. The molecule has 2 aliphatic rings. The summed E-state index contributed by atoms with van der Waals surface area (Å²) in [5.41, 5.74) is 1.35. The minimum absolute atomic E-state index is 0.0500. The second kappa shape index (κ2) is 7.59. The van der Waals surface area contributed by atoms with E-state index in [1.54, 1.807) is 12.1 Å². The molecule has 2 aromatic rings. The molecule has 2 aliphatic heterocycles. The Morgan fingerprint density at radius 2 is 1.55 bits per heavy atom. The van der Waals surface area contributed by atoms with Crippen LogP contribution in [-0.2, 0) is 9.59 Å². The van der Waals surface area contributed by atoms with Gasteiger partial charge in [-0.25, -0.2) is 9.29 Å². The summed E-state index contributed by atoms with van der Waals surface area (Å²) in [7, 11) is 0. The van der Waals surface area contributed by atoms with Gasteiger partial charge in [0.2, 0.25) is 5.91 Å². The first kappa shape index (κ1) is 19.0. The van der Waals surface area contributed by atoms with Crippen LogP contribution in [0.3, 0.4) is 0 Å². The second-order valence-corrected chi connectivity index (χ2v) is 7.22. The minimum Gasteiger partial charge on any atom is -0.360 e. The molecule has 1 atom stereocenters. The van der Waals surface area contributed by atoms with Crippen molar-refractivity contribution < 1.29 is 23.8 Å². The first-order chi connectivity index (χ1) is 13.9. The number of carbonyl (C=O) groups excluding carboxylic acids is 2. The molecule has 2 aromatic carbocycles. The van der Waals surface area contributed by atoms with Gasteiger partial charge in [-0.3, -0.25) is 19.7 Å². The molecule has 2 heterocycles. The van der Waals surface area contributed by atoms with Gasteiger partial charge in [-0.2, -0.15) is 0 Å². The van der Waals surface area contributed by atoms with Gasteiger partial charge in [0, 0.05) is 17.8 Å². The van der Waals surface area contributed by atoms with Gasteiger partial charge in [0.15, 0.2) is 6.04 Å². The Morgan fingerprint density at radius 3 is 2.14 bits per heavy atom. The number of nitrogens with zero attached hydrogens (tertiary/aromatic N) is 3. The largest absolute Gasteiger partial charge is 0.360 e. The number of anilines is 2. The molecule has 29 heavy (non-hydrogen) atoms. The van der Waals surface area contributed by atoms with Crippen molar-refractivity contribution >= 4 is 28.9 Å². The van der Waals surface area contributed by atoms with E-state index in [9.17, 15) is 24.1 Å². The summed E-state index contributed by atoms with van der Waals surface area (Å²) in [5, 5.41) is 10.8. The topological polar surface area (TPSA) is 88.2 Å². The third-order valence-electron chi connectivity index (χ3n) is 5.56. The van der Waals surface area contributed by atoms with E-state index in [1.807, 2.05) is 0 Å². The smallest absolute Gasteiger partial charge is 0.292 e. The van der Waals surface area contributed by atoms with E-state index in [1.165, 1.54) is 36.4 Å². The average Bonchev–Trinajstić information content (AvgIpc) is 3.03. The number of rotatable bonds is 4. The van der Waals surface area contributed by atoms with Crippen molar-refractivity contribution in [3.05, 3.63) is 64.5 Å². The summed E-state index contributed by atoms with van der Waals surface area (Å²) in [6, 6.07) is 11.3. The number of hydrogen-bond acceptors (Lipinski definition) is 5. The molecule has 4 rings (SSSR count). The van der Waals surface area contributed by atoms with Gasteiger partial charge in [-0.15, -0.1) is 0 Å². The van der Waals surface area contributed by atoms with E-state index in [0.29, 0.717) is 31.9 Å². The van der Waals surface area contributed by atoms with Crippen LogP contribution in [0.5, 0.6) is 0 Å². The number of carbonyl (C=O) groups is 2. The number of benzene rings is 2. The number of nitro groups is 1. The molecule has 0 radical (unpaired) electrons. The van der Waals surface area contributed by atoms with Crippen molar-refractivity contribution in [1.82, 2.24) is 0 Å². The lowest BCUT2D eigenvalue weighted by Crippen LogP contribution is -3.19. The Kier molecular flexibility index (Phi) is 4.98. The van der Waals surface area contributed by atoms with Crippen molar-refractivity contribution in [2.24, 2.45) is 0 Å². The van der Waals surface area contributed by atoms with Gasteiger partial charge in [0.05, 0.1) is 43.2 Å². The lowest BCUT2D eigenvalue weighted by atomic mass is 10.1. The Labute approximate surface area is 166 Å². The van der Waals surface area contributed by atoms with Crippen LogP contribution < -0.4 is 14.7 Å². The molecule has 0 saturated carbocycles. The summed E-state index contributed by atoms with van der Waals surface area (Å²) in [6.45, 7) is 2.72. The number of hydrogen-bond donors (Lipinski definition) is 1. The van der Waals surface area contributed by atoms with Gasteiger partial charge in [0.25, 0.3) is 11.6 Å². The third kappa shape index (κ3) is 3.68. The van der Waals surface area contributed by atoms with E-state index in [2.05, 4.69) is 4.90 Å². The molecule has 0 aliphatic carbocycles. The number of quaternary nitrogens is 1. The van der Waals surface area contributed by atoms with E-state index < -0.39 is 16.8 Å². The summed E-state index contributed by atoms with van der Waals surface area (Å²) >= 11 is 0. The summed E-state index contributed by atoms with van der Waals surface area (Å²) < 4.78 is 13.1. The van der Waals surface area contributed by atoms with Crippen molar-refractivity contribution in [1.29, 1.82) is 0 Å². The molecule has 1 N–H and O–H groups in total.